The number of carbonyl (C=O) groups excluding carboxylic acids is 1. The Morgan fingerprint density at radius 2 is 1.64 bits per heavy atom. The van der Waals surface area contributed by atoms with Crippen molar-refractivity contribution in [1.82, 2.24) is 10.2 Å². The molecule has 0 atom stereocenters. The highest BCUT2D eigenvalue weighted by Gasteiger charge is 2.35. The van der Waals surface area contributed by atoms with Gasteiger partial charge in [-0.05, 0) is 37.1 Å². The summed E-state index contributed by atoms with van der Waals surface area (Å²) in [6.07, 6.45) is 4.43. The highest BCUT2D eigenvalue weighted by Crippen LogP contribution is 2.37. The Balaban J connectivity index is 1.85. The molecule has 1 saturated carbocycles. The van der Waals surface area contributed by atoms with Crippen LogP contribution in [0.25, 0.3) is 0 Å². The molecule has 3 heteroatoms. The van der Waals surface area contributed by atoms with E-state index >= 15 is 0 Å². The number of benzene rings is 1. The van der Waals surface area contributed by atoms with Crippen LogP contribution in [0.5, 0.6) is 0 Å². The van der Waals surface area contributed by atoms with Crippen LogP contribution in [0.4, 0.5) is 0 Å². The van der Waals surface area contributed by atoms with Gasteiger partial charge in [0.2, 0.25) is 5.91 Å². The molecule has 1 aromatic carbocycles. The zero-order valence-corrected chi connectivity index (χ0v) is 14.3. The fourth-order valence-electron chi connectivity index (χ4n) is 3.25. The molecule has 2 rings (SSSR count). The molecule has 0 unspecified atom stereocenters. The SMILES string of the molecule is CCN(CC)Cc1ccc(CNC(=O)C2(C)CCCC2)cc1. The van der Waals surface area contributed by atoms with Crippen molar-refractivity contribution in [2.75, 3.05) is 13.1 Å². The molecule has 0 heterocycles. The molecule has 22 heavy (non-hydrogen) atoms. The van der Waals surface area contributed by atoms with Crippen molar-refractivity contribution in [2.24, 2.45) is 5.41 Å². The molecule has 1 fully saturated rings. The van der Waals surface area contributed by atoms with E-state index in [1.165, 1.54) is 24.0 Å². The summed E-state index contributed by atoms with van der Waals surface area (Å²) in [6, 6.07) is 8.63. The summed E-state index contributed by atoms with van der Waals surface area (Å²) in [5, 5.41) is 3.11. The van der Waals surface area contributed by atoms with Gasteiger partial charge in [-0.25, -0.2) is 0 Å². The van der Waals surface area contributed by atoms with Gasteiger partial charge in [-0.1, -0.05) is 57.9 Å². The van der Waals surface area contributed by atoms with Gasteiger partial charge in [0.25, 0.3) is 0 Å². The van der Waals surface area contributed by atoms with Crippen molar-refractivity contribution in [3.05, 3.63) is 35.4 Å². The summed E-state index contributed by atoms with van der Waals surface area (Å²) < 4.78 is 0. The average Bonchev–Trinajstić information content (AvgIpc) is 2.99. The normalized spacial score (nSPS) is 16.9. The van der Waals surface area contributed by atoms with Crippen molar-refractivity contribution in [2.45, 2.75) is 59.5 Å². The Kier molecular flexibility index (Phi) is 6.01. The zero-order valence-electron chi connectivity index (χ0n) is 14.3. The van der Waals surface area contributed by atoms with E-state index < -0.39 is 0 Å². The number of rotatable bonds is 7. The molecule has 0 aliphatic heterocycles. The lowest BCUT2D eigenvalue weighted by Gasteiger charge is -2.22. The van der Waals surface area contributed by atoms with E-state index in [2.05, 4.69) is 55.3 Å². The molecular weight excluding hydrogens is 272 g/mol. The molecule has 3 nitrogen and oxygen atoms in total. The van der Waals surface area contributed by atoms with Gasteiger partial charge in [0, 0.05) is 18.5 Å². The van der Waals surface area contributed by atoms with Crippen LogP contribution in [0.2, 0.25) is 0 Å². The smallest absolute Gasteiger partial charge is 0.226 e. The molecule has 0 aromatic heterocycles. The van der Waals surface area contributed by atoms with Crippen LogP contribution in [0, 0.1) is 5.41 Å². The Morgan fingerprint density at radius 3 is 2.18 bits per heavy atom. The predicted octanol–water partition coefficient (Wildman–Crippen LogP) is 3.72. The van der Waals surface area contributed by atoms with Crippen molar-refractivity contribution in [3.63, 3.8) is 0 Å². The van der Waals surface area contributed by atoms with Crippen molar-refractivity contribution < 1.29 is 4.79 Å². The molecule has 1 aromatic rings. The standard InChI is InChI=1S/C19H30N2O/c1-4-21(5-2)15-17-10-8-16(9-11-17)14-20-18(22)19(3)12-6-7-13-19/h8-11H,4-7,12-15H2,1-3H3,(H,20,22). The number of nitrogens with one attached hydrogen (secondary N) is 1. The van der Waals surface area contributed by atoms with Gasteiger partial charge in [-0.3, -0.25) is 9.69 Å². The number of amides is 1. The Morgan fingerprint density at radius 1 is 1.09 bits per heavy atom. The summed E-state index contributed by atoms with van der Waals surface area (Å²) >= 11 is 0. The Bertz CT molecular complexity index is 471. The molecule has 122 valence electrons. The molecule has 0 spiro atoms. The maximum atomic E-state index is 12.3. The van der Waals surface area contributed by atoms with E-state index in [1.54, 1.807) is 0 Å². The highest BCUT2D eigenvalue weighted by molar-refractivity contribution is 5.82. The maximum absolute atomic E-state index is 12.3. The third-order valence-corrected chi connectivity index (χ3v) is 5.03. The quantitative estimate of drug-likeness (QED) is 0.832. The third kappa shape index (κ3) is 4.33. The molecule has 1 amide bonds. The molecule has 1 aliphatic carbocycles. The van der Waals surface area contributed by atoms with Crippen LogP contribution in [0.1, 0.15) is 57.6 Å². The minimum absolute atomic E-state index is 0.136. The topological polar surface area (TPSA) is 32.3 Å². The van der Waals surface area contributed by atoms with E-state index in [9.17, 15) is 4.79 Å². The summed E-state index contributed by atoms with van der Waals surface area (Å²) in [7, 11) is 0. The summed E-state index contributed by atoms with van der Waals surface area (Å²) in [5.41, 5.74) is 2.38. The second kappa shape index (κ2) is 7.77. The summed E-state index contributed by atoms with van der Waals surface area (Å²) in [5.74, 6) is 0.220. The maximum Gasteiger partial charge on any atom is 0.226 e. The first kappa shape index (κ1) is 17.0. The molecule has 0 bridgehead atoms. The minimum atomic E-state index is -0.136. The number of hydrogen-bond acceptors (Lipinski definition) is 2. The minimum Gasteiger partial charge on any atom is -0.352 e. The monoisotopic (exact) mass is 302 g/mol. The van der Waals surface area contributed by atoms with E-state index in [0.29, 0.717) is 6.54 Å². The summed E-state index contributed by atoms with van der Waals surface area (Å²) in [4.78, 5) is 14.7. The van der Waals surface area contributed by atoms with Gasteiger partial charge in [-0.2, -0.15) is 0 Å². The third-order valence-electron chi connectivity index (χ3n) is 5.03. The van der Waals surface area contributed by atoms with E-state index in [-0.39, 0.29) is 11.3 Å². The molecule has 0 saturated heterocycles. The number of nitrogens with zero attached hydrogens (tertiary/aromatic N) is 1. The molecule has 1 aliphatic rings. The van der Waals surface area contributed by atoms with Gasteiger partial charge in [0.15, 0.2) is 0 Å². The molecule has 0 radical (unpaired) electrons. The van der Waals surface area contributed by atoms with E-state index in [1.807, 2.05) is 0 Å². The first-order chi connectivity index (χ1) is 10.6. The van der Waals surface area contributed by atoms with Gasteiger partial charge in [0.05, 0.1) is 0 Å². The summed E-state index contributed by atoms with van der Waals surface area (Å²) in [6.45, 7) is 10.3. The zero-order chi connectivity index (χ0) is 16.0. The van der Waals surface area contributed by atoms with Gasteiger partial charge < -0.3 is 5.32 Å². The van der Waals surface area contributed by atoms with Crippen molar-refractivity contribution >= 4 is 5.91 Å². The van der Waals surface area contributed by atoms with Crippen LogP contribution in [-0.4, -0.2) is 23.9 Å². The fourth-order valence-corrected chi connectivity index (χ4v) is 3.25. The van der Waals surface area contributed by atoms with Gasteiger partial charge >= 0.3 is 0 Å². The lowest BCUT2D eigenvalue weighted by molar-refractivity contribution is -0.130. The van der Waals surface area contributed by atoms with E-state index in [4.69, 9.17) is 0 Å². The lowest BCUT2D eigenvalue weighted by Crippen LogP contribution is -2.36. The van der Waals surface area contributed by atoms with Crippen LogP contribution >= 0.6 is 0 Å². The highest BCUT2D eigenvalue weighted by atomic mass is 16.2. The van der Waals surface area contributed by atoms with Crippen molar-refractivity contribution in [3.8, 4) is 0 Å². The second-order valence-electron chi connectivity index (χ2n) is 6.73. The first-order valence-electron chi connectivity index (χ1n) is 8.66. The average molecular weight is 302 g/mol. The molecular formula is C19H30N2O. The van der Waals surface area contributed by atoms with E-state index in [0.717, 1.165) is 32.5 Å². The predicted molar refractivity (Wildman–Crippen MR) is 91.5 cm³/mol. The first-order valence-corrected chi connectivity index (χ1v) is 8.66. The van der Waals surface area contributed by atoms with Gasteiger partial charge in [-0.15, -0.1) is 0 Å². The fraction of sp³-hybridized carbons (Fsp3) is 0.632. The number of carbonyl (C=O) groups is 1. The largest absolute Gasteiger partial charge is 0.352 e. The molecule has 1 N–H and O–H groups in total. The number of hydrogen-bond donors (Lipinski definition) is 1. The Hall–Kier alpha value is -1.35. The lowest BCUT2D eigenvalue weighted by atomic mass is 9.88. The van der Waals surface area contributed by atoms with Crippen molar-refractivity contribution in [1.29, 1.82) is 0 Å². The van der Waals surface area contributed by atoms with Crippen LogP contribution in [0.3, 0.4) is 0 Å². The second-order valence-corrected chi connectivity index (χ2v) is 6.73. The van der Waals surface area contributed by atoms with Crippen LogP contribution < -0.4 is 5.32 Å². The van der Waals surface area contributed by atoms with Gasteiger partial charge in [0.1, 0.15) is 0 Å². The van der Waals surface area contributed by atoms with Crippen LogP contribution in [0.15, 0.2) is 24.3 Å². The Labute approximate surface area is 135 Å². The van der Waals surface area contributed by atoms with Crippen LogP contribution in [-0.2, 0) is 17.9 Å².